The summed E-state index contributed by atoms with van der Waals surface area (Å²) in [6.45, 7) is 6.43. The largest absolute Gasteiger partial charge is 0.451 e. The van der Waals surface area contributed by atoms with E-state index in [4.69, 9.17) is 4.74 Å². The molecule has 39 heavy (non-hydrogen) atoms. The number of alkyl halides is 6. The predicted octanol–water partition coefficient (Wildman–Crippen LogP) is 3.94. The smallest absolute Gasteiger partial charge is 0.444 e. The Kier molecular flexibility index (Phi) is 8.70. The summed E-state index contributed by atoms with van der Waals surface area (Å²) in [5, 5.41) is 2.57. The first-order valence-corrected chi connectivity index (χ1v) is 12.4. The van der Waals surface area contributed by atoms with E-state index in [1.165, 1.54) is 4.90 Å². The van der Waals surface area contributed by atoms with Crippen molar-refractivity contribution >= 4 is 17.9 Å². The molecule has 1 unspecified atom stereocenters. The van der Waals surface area contributed by atoms with Crippen molar-refractivity contribution in [3.05, 3.63) is 22.8 Å². The Hall–Kier alpha value is -3.13. The number of rotatable bonds is 5. The third-order valence-electron chi connectivity index (χ3n) is 6.29. The topological polar surface area (TPSA) is 105 Å². The predicted molar refractivity (Wildman–Crippen MR) is 124 cm³/mol. The van der Waals surface area contributed by atoms with Crippen molar-refractivity contribution in [1.82, 2.24) is 25.1 Å². The number of likely N-dealkylation sites (tertiary alicyclic amines) is 1. The van der Waals surface area contributed by atoms with Gasteiger partial charge in [-0.2, -0.15) is 26.3 Å². The molecule has 2 aliphatic rings. The molecule has 2 aliphatic heterocycles. The van der Waals surface area contributed by atoms with Gasteiger partial charge in [0.2, 0.25) is 17.6 Å². The molecule has 1 saturated heterocycles. The number of piperidine rings is 1. The molecule has 15 heteroatoms. The first-order valence-electron chi connectivity index (χ1n) is 12.4. The number of carbonyl (C=O) groups is 3. The van der Waals surface area contributed by atoms with Gasteiger partial charge in [0, 0.05) is 38.0 Å². The van der Waals surface area contributed by atoms with Crippen molar-refractivity contribution in [1.29, 1.82) is 0 Å². The zero-order valence-corrected chi connectivity index (χ0v) is 22.0. The van der Waals surface area contributed by atoms with Crippen molar-refractivity contribution in [3.8, 4) is 0 Å². The van der Waals surface area contributed by atoms with Crippen molar-refractivity contribution in [2.75, 3.05) is 19.6 Å². The van der Waals surface area contributed by atoms with E-state index < -0.39 is 71.7 Å². The molecule has 218 valence electrons. The maximum absolute atomic E-state index is 13.5. The second-order valence-corrected chi connectivity index (χ2v) is 10.9. The lowest BCUT2D eigenvalue weighted by Crippen LogP contribution is -2.51. The number of carbonyl (C=O) groups excluding carboxylic acids is 3. The van der Waals surface area contributed by atoms with E-state index in [0.717, 1.165) is 11.3 Å². The Bertz CT molecular complexity index is 1100. The quantitative estimate of drug-likeness (QED) is 0.541. The second-order valence-electron chi connectivity index (χ2n) is 10.9. The number of nitrogens with one attached hydrogen (secondary N) is 1. The van der Waals surface area contributed by atoms with Gasteiger partial charge < -0.3 is 19.9 Å². The molecule has 1 fully saturated rings. The van der Waals surface area contributed by atoms with E-state index in [1.807, 2.05) is 6.92 Å². The summed E-state index contributed by atoms with van der Waals surface area (Å²) in [4.78, 5) is 46.7. The van der Waals surface area contributed by atoms with Crippen molar-refractivity contribution in [2.45, 2.75) is 83.9 Å². The highest BCUT2D eigenvalue weighted by Crippen LogP contribution is 2.36. The van der Waals surface area contributed by atoms with Crippen molar-refractivity contribution < 1.29 is 45.5 Å². The molecule has 1 N–H and O–H groups in total. The molecule has 1 aromatic heterocycles. The third-order valence-corrected chi connectivity index (χ3v) is 6.29. The Morgan fingerprint density at radius 2 is 1.74 bits per heavy atom. The van der Waals surface area contributed by atoms with Crippen LogP contribution >= 0.6 is 0 Å². The van der Waals surface area contributed by atoms with E-state index in [-0.39, 0.29) is 31.3 Å². The minimum Gasteiger partial charge on any atom is -0.444 e. The number of hydrogen-bond donors (Lipinski definition) is 1. The molecule has 9 nitrogen and oxygen atoms in total. The summed E-state index contributed by atoms with van der Waals surface area (Å²) in [6.07, 6.45) is -10.9. The number of fused-ring (bicyclic) bond motifs is 1. The average Bonchev–Trinajstić information content (AvgIpc) is 2.77. The summed E-state index contributed by atoms with van der Waals surface area (Å²) in [6, 6.07) is -0.909. The normalized spacial score (nSPS) is 19.4. The van der Waals surface area contributed by atoms with Crippen molar-refractivity contribution in [3.63, 3.8) is 0 Å². The number of hydrogen-bond acceptors (Lipinski definition) is 6. The highest BCUT2D eigenvalue weighted by molar-refractivity contribution is 5.79. The maximum Gasteiger partial charge on any atom is 0.451 e. The molecule has 1 aromatic rings. The molecule has 3 amide bonds. The van der Waals surface area contributed by atoms with Gasteiger partial charge in [-0.3, -0.25) is 9.59 Å². The lowest BCUT2D eigenvalue weighted by atomic mass is 9.97. The number of nitrogens with zero attached hydrogens (tertiary/aromatic N) is 4. The lowest BCUT2D eigenvalue weighted by Gasteiger charge is -2.35. The monoisotopic (exact) mass is 567 g/mol. The van der Waals surface area contributed by atoms with Gasteiger partial charge in [0.05, 0.1) is 18.3 Å². The van der Waals surface area contributed by atoms with Crippen LogP contribution in [0.5, 0.6) is 0 Å². The molecular formula is C24H31F6N5O4. The van der Waals surface area contributed by atoms with Gasteiger partial charge in [-0.15, -0.1) is 0 Å². The van der Waals surface area contributed by atoms with Crippen LogP contribution in [-0.2, 0) is 39.6 Å². The summed E-state index contributed by atoms with van der Waals surface area (Å²) >= 11 is 0. The van der Waals surface area contributed by atoms with Gasteiger partial charge in [-0.05, 0) is 39.5 Å². The van der Waals surface area contributed by atoms with E-state index in [0.29, 0.717) is 13.0 Å². The Morgan fingerprint density at radius 1 is 1.08 bits per heavy atom. The number of amides is 3. The van der Waals surface area contributed by atoms with Crippen LogP contribution in [0.15, 0.2) is 0 Å². The first kappa shape index (κ1) is 30.4. The zero-order chi connectivity index (χ0) is 29.3. The van der Waals surface area contributed by atoms with Crippen LogP contribution in [0.3, 0.4) is 0 Å². The van der Waals surface area contributed by atoms with Crippen LogP contribution in [0, 0.1) is 5.92 Å². The minimum absolute atomic E-state index is 0.0143. The third kappa shape index (κ3) is 8.18. The number of alkyl carbamates (subject to hydrolysis) is 1. The minimum atomic E-state index is -5.22. The summed E-state index contributed by atoms with van der Waals surface area (Å²) in [5.74, 6) is -2.54. The maximum atomic E-state index is 13.5. The SMILES string of the molecule is CC1CCN(C[C@H](CC(=O)N2CCc3c(nc(C(F)(F)F)nc3C(F)(F)F)C2)NC(=O)OC(C)(C)C)C(=O)C1. The summed E-state index contributed by atoms with van der Waals surface area (Å²) in [5.41, 5.74) is -3.55. The van der Waals surface area contributed by atoms with Crippen LogP contribution < -0.4 is 5.32 Å². The van der Waals surface area contributed by atoms with Crippen LogP contribution in [0.25, 0.3) is 0 Å². The fraction of sp³-hybridized carbons (Fsp3) is 0.708. The van der Waals surface area contributed by atoms with Crippen LogP contribution in [-0.4, -0.2) is 69.0 Å². The molecule has 0 bridgehead atoms. The summed E-state index contributed by atoms with van der Waals surface area (Å²) in [7, 11) is 0. The molecule has 3 heterocycles. The molecule has 2 atom stereocenters. The highest BCUT2D eigenvalue weighted by Gasteiger charge is 2.44. The molecule has 0 saturated carbocycles. The van der Waals surface area contributed by atoms with E-state index in [1.54, 1.807) is 20.8 Å². The molecule has 0 radical (unpaired) electrons. The Morgan fingerprint density at radius 3 is 2.31 bits per heavy atom. The van der Waals surface area contributed by atoms with E-state index in [9.17, 15) is 40.7 Å². The molecular weight excluding hydrogens is 536 g/mol. The van der Waals surface area contributed by atoms with Crippen LogP contribution in [0.1, 0.15) is 69.7 Å². The Balaban J connectivity index is 1.81. The van der Waals surface area contributed by atoms with Gasteiger partial charge in [0.25, 0.3) is 0 Å². The van der Waals surface area contributed by atoms with E-state index >= 15 is 0 Å². The van der Waals surface area contributed by atoms with Gasteiger partial charge in [0.15, 0.2) is 5.69 Å². The fourth-order valence-electron chi connectivity index (χ4n) is 4.47. The fourth-order valence-corrected chi connectivity index (χ4v) is 4.47. The molecule has 0 aliphatic carbocycles. The molecule has 0 spiro atoms. The standard InChI is InChI=1S/C24H31F6N5O4/c1-13-5-7-34(17(36)9-13)11-14(31-21(38)39-22(2,3)4)10-18(37)35-8-6-15-16(12-35)32-20(24(28,29)30)33-19(15)23(25,26)27/h13-14H,5-12H2,1-4H3,(H,31,38)/t13?,14-/m0/s1. The van der Waals surface area contributed by atoms with Crippen LogP contribution in [0.2, 0.25) is 0 Å². The van der Waals surface area contributed by atoms with Crippen molar-refractivity contribution in [2.24, 2.45) is 5.92 Å². The second kappa shape index (κ2) is 11.2. The van der Waals surface area contributed by atoms with E-state index in [2.05, 4.69) is 15.3 Å². The highest BCUT2D eigenvalue weighted by atomic mass is 19.4. The zero-order valence-electron chi connectivity index (χ0n) is 22.0. The van der Waals surface area contributed by atoms with Gasteiger partial charge >= 0.3 is 18.4 Å². The number of halogens is 6. The average molecular weight is 568 g/mol. The Labute approximate surface area is 221 Å². The lowest BCUT2D eigenvalue weighted by molar-refractivity contribution is -0.153. The van der Waals surface area contributed by atoms with Gasteiger partial charge in [-0.25, -0.2) is 14.8 Å². The van der Waals surface area contributed by atoms with Crippen LogP contribution in [0.4, 0.5) is 31.1 Å². The first-order chi connectivity index (χ1) is 17.8. The molecule has 3 rings (SSSR count). The van der Waals surface area contributed by atoms with Gasteiger partial charge in [-0.1, -0.05) is 6.92 Å². The van der Waals surface area contributed by atoms with Gasteiger partial charge in [0.1, 0.15) is 5.60 Å². The molecule has 0 aromatic carbocycles. The summed E-state index contributed by atoms with van der Waals surface area (Å²) < 4.78 is 85.3. The number of ether oxygens (including phenoxy) is 1. The number of aromatic nitrogens is 2.